The molecule has 30 heavy (non-hydrogen) atoms. The third kappa shape index (κ3) is 4.85. The number of rotatable bonds is 8. The first-order valence-corrected chi connectivity index (χ1v) is 9.98. The number of anilines is 1. The van der Waals surface area contributed by atoms with Gasteiger partial charge in [0.1, 0.15) is 15.6 Å². The Bertz CT molecular complexity index is 977. The van der Waals surface area contributed by atoms with Crippen molar-refractivity contribution < 1.29 is 33.4 Å². The molecule has 0 aliphatic rings. The minimum Gasteiger partial charge on any atom is -0.465 e. The summed E-state index contributed by atoms with van der Waals surface area (Å²) in [5.41, 5.74) is 0.460. The minimum absolute atomic E-state index is 0.0564. The molecule has 0 bridgehead atoms. The zero-order valence-corrected chi connectivity index (χ0v) is 18.2. The predicted molar refractivity (Wildman–Crippen MR) is 108 cm³/mol. The van der Waals surface area contributed by atoms with Crippen LogP contribution in [0.5, 0.6) is 0 Å². The zero-order valence-electron chi connectivity index (χ0n) is 17.4. The Morgan fingerprint density at radius 2 is 1.83 bits per heavy atom. The van der Waals surface area contributed by atoms with Crippen LogP contribution in [0, 0.1) is 6.92 Å². The van der Waals surface area contributed by atoms with Gasteiger partial charge in [-0.2, -0.15) is 5.10 Å². The Morgan fingerprint density at radius 3 is 2.43 bits per heavy atom. The van der Waals surface area contributed by atoms with E-state index < -0.39 is 23.8 Å². The largest absolute Gasteiger partial charge is 0.465 e. The predicted octanol–water partition coefficient (Wildman–Crippen LogP) is 2.57. The molecule has 0 radical (unpaired) electrons. The summed E-state index contributed by atoms with van der Waals surface area (Å²) < 4.78 is 16.1. The quantitative estimate of drug-likeness (QED) is 0.493. The molecular weight excluding hydrogens is 414 g/mol. The van der Waals surface area contributed by atoms with Gasteiger partial charge in [-0.25, -0.2) is 14.4 Å². The second kappa shape index (κ2) is 10.0. The molecule has 1 amide bonds. The van der Waals surface area contributed by atoms with Crippen molar-refractivity contribution in [1.29, 1.82) is 0 Å². The van der Waals surface area contributed by atoms with E-state index in [2.05, 4.69) is 10.4 Å². The summed E-state index contributed by atoms with van der Waals surface area (Å²) in [7, 11) is 2.72. The van der Waals surface area contributed by atoms with E-state index in [0.717, 1.165) is 11.3 Å². The van der Waals surface area contributed by atoms with Crippen molar-refractivity contribution in [1.82, 2.24) is 9.78 Å². The van der Waals surface area contributed by atoms with Gasteiger partial charge in [0.05, 0.1) is 25.9 Å². The highest BCUT2D eigenvalue weighted by atomic mass is 32.1. The number of hydrogen-bond donors (Lipinski definition) is 1. The van der Waals surface area contributed by atoms with Crippen LogP contribution in [0.3, 0.4) is 0 Å². The second-order valence-electron chi connectivity index (χ2n) is 6.10. The number of aryl methyl sites for hydroxylation is 1. The average molecular weight is 437 g/mol. The van der Waals surface area contributed by atoms with Crippen LogP contribution in [0.1, 0.15) is 66.8 Å². The van der Waals surface area contributed by atoms with Crippen molar-refractivity contribution in [2.75, 3.05) is 25.6 Å². The van der Waals surface area contributed by atoms with Gasteiger partial charge in [0.2, 0.25) is 0 Å². The first-order valence-electron chi connectivity index (χ1n) is 9.16. The molecule has 0 saturated heterocycles. The van der Waals surface area contributed by atoms with Gasteiger partial charge in [-0.1, -0.05) is 6.92 Å². The maximum Gasteiger partial charge on any atom is 0.356 e. The molecule has 0 atom stereocenters. The van der Waals surface area contributed by atoms with Gasteiger partial charge >= 0.3 is 17.9 Å². The molecule has 11 heteroatoms. The summed E-state index contributed by atoms with van der Waals surface area (Å²) in [4.78, 5) is 49.4. The lowest BCUT2D eigenvalue weighted by Crippen LogP contribution is -2.16. The Balaban J connectivity index is 2.38. The Labute approximate surface area is 177 Å². The third-order valence-electron chi connectivity index (χ3n) is 3.98. The highest BCUT2D eigenvalue weighted by Gasteiger charge is 2.28. The van der Waals surface area contributed by atoms with Gasteiger partial charge in [-0.3, -0.25) is 9.48 Å². The first-order chi connectivity index (χ1) is 14.2. The third-order valence-corrected chi connectivity index (χ3v) is 5.17. The smallest absolute Gasteiger partial charge is 0.356 e. The molecule has 0 spiro atoms. The van der Waals surface area contributed by atoms with E-state index in [1.807, 2.05) is 6.92 Å². The van der Waals surface area contributed by atoms with Crippen molar-refractivity contribution >= 4 is 40.2 Å². The molecule has 1 N–H and O–H groups in total. The van der Waals surface area contributed by atoms with Gasteiger partial charge in [0, 0.05) is 13.1 Å². The summed E-state index contributed by atoms with van der Waals surface area (Å²) in [6.07, 6.45) is 0.616. The summed E-state index contributed by atoms with van der Waals surface area (Å²) >= 11 is 0.895. The lowest BCUT2D eigenvalue weighted by atomic mass is 10.1. The topological polar surface area (TPSA) is 126 Å². The first kappa shape index (κ1) is 23.1. The van der Waals surface area contributed by atoms with Gasteiger partial charge in [-0.15, -0.1) is 11.3 Å². The number of nitrogens with one attached hydrogen (secondary N) is 1. The summed E-state index contributed by atoms with van der Waals surface area (Å²) in [6, 6.07) is 1.28. The summed E-state index contributed by atoms with van der Waals surface area (Å²) in [6.45, 7) is 5.45. The van der Waals surface area contributed by atoms with Crippen molar-refractivity contribution in [3.8, 4) is 0 Å². The standard InChI is InChI=1S/C19H23N3O7S/c1-6-8-29-18(25)13-10(3)14(19(26)27-5)30-16(13)20-15(23)11-9-12(22(4)21-11)17(24)28-7-2/h9H,6-8H2,1-5H3,(H,20,23). The van der Waals surface area contributed by atoms with E-state index >= 15 is 0 Å². The Kier molecular flexibility index (Phi) is 7.70. The molecule has 162 valence electrons. The van der Waals surface area contributed by atoms with Gasteiger partial charge < -0.3 is 19.5 Å². The van der Waals surface area contributed by atoms with Crippen LogP contribution in [-0.4, -0.2) is 53.9 Å². The van der Waals surface area contributed by atoms with Gasteiger partial charge in [-0.05, 0) is 25.8 Å². The lowest BCUT2D eigenvalue weighted by Gasteiger charge is -2.06. The van der Waals surface area contributed by atoms with Crippen molar-refractivity contribution in [3.05, 3.63) is 33.5 Å². The molecule has 2 aromatic rings. The number of carbonyl (C=O) groups is 4. The van der Waals surface area contributed by atoms with Crippen LogP contribution < -0.4 is 5.32 Å². The number of thiophene rings is 1. The number of nitrogens with zero attached hydrogens (tertiary/aromatic N) is 2. The maximum atomic E-state index is 12.7. The molecule has 2 heterocycles. The molecule has 0 aromatic carbocycles. The number of methoxy groups -OCH3 is 1. The number of amides is 1. The fraction of sp³-hybridized carbons (Fsp3) is 0.421. The van der Waals surface area contributed by atoms with E-state index in [9.17, 15) is 19.2 Å². The van der Waals surface area contributed by atoms with Crippen molar-refractivity contribution in [2.45, 2.75) is 27.2 Å². The number of aromatic nitrogens is 2. The normalized spacial score (nSPS) is 10.4. The fourth-order valence-corrected chi connectivity index (χ4v) is 3.65. The van der Waals surface area contributed by atoms with E-state index in [0.29, 0.717) is 12.0 Å². The molecule has 0 aliphatic carbocycles. The Morgan fingerprint density at radius 1 is 1.13 bits per heavy atom. The molecular formula is C19H23N3O7S. The number of esters is 3. The maximum absolute atomic E-state index is 12.7. The fourth-order valence-electron chi connectivity index (χ4n) is 2.54. The van der Waals surface area contributed by atoms with Crippen molar-refractivity contribution in [3.63, 3.8) is 0 Å². The van der Waals surface area contributed by atoms with E-state index in [1.165, 1.54) is 24.9 Å². The van der Waals surface area contributed by atoms with Crippen LogP contribution in [0.4, 0.5) is 5.00 Å². The molecule has 2 rings (SSSR count). The molecule has 2 aromatic heterocycles. The molecule has 0 fully saturated rings. The van der Waals surface area contributed by atoms with Crippen LogP contribution in [0.2, 0.25) is 0 Å². The van der Waals surface area contributed by atoms with E-state index in [-0.39, 0.29) is 40.0 Å². The summed E-state index contributed by atoms with van der Waals surface area (Å²) in [5.74, 6) is -2.58. The lowest BCUT2D eigenvalue weighted by molar-refractivity contribution is 0.0499. The highest BCUT2D eigenvalue weighted by molar-refractivity contribution is 7.18. The number of ether oxygens (including phenoxy) is 3. The van der Waals surface area contributed by atoms with Crippen molar-refractivity contribution in [2.24, 2.45) is 7.05 Å². The summed E-state index contributed by atoms with van der Waals surface area (Å²) in [5, 5.41) is 6.72. The van der Waals surface area contributed by atoms with Crippen LogP contribution in [0.25, 0.3) is 0 Å². The Hall–Kier alpha value is -3.21. The van der Waals surface area contributed by atoms with Gasteiger partial charge in [0.25, 0.3) is 5.91 Å². The van der Waals surface area contributed by atoms with E-state index in [4.69, 9.17) is 14.2 Å². The number of carbonyl (C=O) groups excluding carboxylic acids is 4. The van der Waals surface area contributed by atoms with Crippen LogP contribution >= 0.6 is 11.3 Å². The SMILES string of the molecule is CCCOC(=O)c1c(NC(=O)c2cc(C(=O)OCC)n(C)n2)sc(C(=O)OC)c1C. The monoisotopic (exact) mass is 437 g/mol. The molecule has 10 nitrogen and oxygen atoms in total. The highest BCUT2D eigenvalue weighted by Crippen LogP contribution is 2.34. The molecule has 0 unspecified atom stereocenters. The average Bonchev–Trinajstić information content (AvgIpc) is 3.26. The molecule has 0 saturated carbocycles. The van der Waals surface area contributed by atoms with E-state index in [1.54, 1.807) is 13.8 Å². The van der Waals surface area contributed by atoms with Crippen LogP contribution in [-0.2, 0) is 21.3 Å². The number of hydrogen-bond acceptors (Lipinski definition) is 9. The minimum atomic E-state index is -0.664. The zero-order chi connectivity index (χ0) is 22.4. The second-order valence-corrected chi connectivity index (χ2v) is 7.12. The van der Waals surface area contributed by atoms with Gasteiger partial charge in [0.15, 0.2) is 5.69 Å². The van der Waals surface area contributed by atoms with Crippen LogP contribution in [0.15, 0.2) is 6.07 Å². The molecule has 0 aliphatic heterocycles.